The van der Waals surface area contributed by atoms with Crippen LogP contribution in [0.4, 0.5) is 18.9 Å². The van der Waals surface area contributed by atoms with E-state index in [1.165, 1.54) is 7.11 Å². The third kappa shape index (κ3) is 6.33. The molecule has 9 heteroatoms. The van der Waals surface area contributed by atoms with Gasteiger partial charge >= 0.3 is 6.18 Å². The van der Waals surface area contributed by atoms with E-state index in [0.29, 0.717) is 16.3 Å². The number of hydrogen-bond donors (Lipinski definition) is 2. The zero-order chi connectivity index (χ0) is 16.8. The SMILES string of the molecule is COc1ccc(NC(N)=NCC(=O)N(C)CC(F)(F)F)cc1. The first-order chi connectivity index (χ1) is 10.2. The van der Waals surface area contributed by atoms with Crippen LogP contribution in [0, 0.1) is 0 Å². The van der Waals surface area contributed by atoms with Gasteiger partial charge in [0.25, 0.3) is 0 Å². The highest BCUT2D eigenvalue weighted by molar-refractivity contribution is 5.93. The number of rotatable bonds is 5. The maximum absolute atomic E-state index is 12.1. The van der Waals surface area contributed by atoms with E-state index >= 15 is 0 Å². The molecule has 0 aliphatic heterocycles. The second kappa shape index (κ2) is 7.53. The molecule has 0 saturated carbocycles. The fourth-order valence-corrected chi connectivity index (χ4v) is 1.49. The Morgan fingerprint density at radius 3 is 2.45 bits per heavy atom. The molecule has 0 unspecified atom stereocenters. The zero-order valence-corrected chi connectivity index (χ0v) is 12.1. The molecule has 0 fully saturated rings. The number of carbonyl (C=O) groups is 1. The number of amides is 1. The number of nitrogens with two attached hydrogens (primary N) is 1. The highest BCUT2D eigenvalue weighted by atomic mass is 19.4. The van der Waals surface area contributed by atoms with E-state index < -0.39 is 25.2 Å². The lowest BCUT2D eigenvalue weighted by molar-refractivity contribution is -0.157. The smallest absolute Gasteiger partial charge is 0.406 e. The number of alkyl halides is 3. The fourth-order valence-electron chi connectivity index (χ4n) is 1.49. The molecule has 0 aliphatic rings. The van der Waals surface area contributed by atoms with Gasteiger partial charge in [0.2, 0.25) is 5.91 Å². The van der Waals surface area contributed by atoms with Crippen LogP contribution in [-0.2, 0) is 4.79 Å². The third-order valence-electron chi connectivity index (χ3n) is 2.59. The van der Waals surface area contributed by atoms with Crippen LogP contribution < -0.4 is 15.8 Å². The van der Waals surface area contributed by atoms with E-state index in [1.807, 2.05) is 0 Å². The molecule has 0 atom stereocenters. The predicted octanol–water partition coefficient (Wildman–Crippen LogP) is 1.44. The lowest BCUT2D eigenvalue weighted by Gasteiger charge is -2.17. The molecule has 6 nitrogen and oxygen atoms in total. The number of likely N-dealkylation sites (N-methyl/N-ethyl adjacent to an activating group) is 1. The molecule has 1 aromatic rings. The number of halogens is 3. The van der Waals surface area contributed by atoms with Crippen molar-refractivity contribution >= 4 is 17.6 Å². The fraction of sp³-hybridized carbons (Fsp3) is 0.385. The van der Waals surface area contributed by atoms with Crippen LogP contribution in [0.1, 0.15) is 0 Å². The Balaban J connectivity index is 2.52. The molecule has 3 N–H and O–H groups in total. The van der Waals surface area contributed by atoms with Gasteiger partial charge in [-0.25, -0.2) is 4.99 Å². The molecule has 1 aromatic carbocycles. The Morgan fingerprint density at radius 2 is 1.95 bits per heavy atom. The summed E-state index contributed by atoms with van der Waals surface area (Å²) in [5.41, 5.74) is 6.18. The minimum absolute atomic E-state index is 0.0704. The minimum Gasteiger partial charge on any atom is -0.497 e. The van der Waals surface area contributed by atoms with Crippen molar-refractivity contribution in [3.8, 4) is 5.75 Å². The average Bonchev–Trinajstić information content (AvgIpc) is 2.43. The number of methoxy groups -OCH3 is 1. The molecule has 0 saturated heterocycles. The minimum atomic E-state index is -4.44. The summed E-state index contributed by atoms with van der Waals surface area (Å²) in [6.45, 7) is -1.80. The summed E-state index contributed by atoms with van der Waals surface area (Å²) < 4.78 is 41.4. The molecule has 1 amide bonds. The van der Waals surface area contributed by atoms with Crippen molar-refractivity contribution in [2.24, 2.45) is 10.7 Å². The first-order valence-corrected chi connectivity index (χ1v) is 6.23. The lowest BCUT2D eigenvalue weighted by Crippen LogP contribution is -2.37. The van der Waals surface area contributed by atoms with E-state index in [9.17, 15) is 18.0 Å². The summed E-state index contributed by atoms with van der Waals surface area (Å²) in [6, 6.07) is 6.74. The molecular weight excluding hydrogens is 301 g/mol. The van der Waals surface area contributed by atoms with Gasteiger partial charge in [-0.2, -0.15) is 13.2 Å². The number of guanidine groups is 1. The van der Waals surface area contributed by atoms with E-state index in [2.05, 4.69) is 10.3 Å². The Bertz CT molecular complexity index is 529. The van der Waals surface area contributed by atoms with E-state index in [0.717, 1.165) is 7.05 Å². The Hall–Kier alpha value is -2.45. The highest BCUT2D eigenvalue weighted by Gasteiger charge is 2.30. The Morgan fingerprint density at radius 1 is 1.36 bits per heavy atom. The van der Waals surface area contributed by atoms with Crippen molar-refractivity contribution in [3.05, 3.63) is 24.3 Å². The van der Waals surface area contributed by atoms with Gasteiger partial charge in [0.05, 0.1) is 7.11 Å². The highest BCUT2D eigenvalue weighted by Crippen LogP contribution is 2.16. The first kappa shape index (κ1) is 17.6. The maximum atomic E-state index is 12.1. The van der Waals surface area contributed by atoms with Crippen molar-refractivity contribution in [3.63, 3.8) is 0 Å². The van der Waals surface area contributed by atoms with Crippen molar-refractivity contribution in [1.82, 2.24) is 4.90 Å². The molecule has 0 heterocycles. The van der Waals surface area contributed by atoms with Crippen LogP contribution in [0.5, 0.6) is 5.75 Å². The largest absolute Gasteiger partial charge is 0.497 e. The Labute approximate surface area is 125 Å². The number of benzene rings is 1. The van der Waals surface area contributed by atoms with Gasteiger partial charge in [0, 0.05) is 12.7 Å². The van der Waals surface area contributed by atoms with Crippen LogP contribution in [0.2, 0.25) is 0 Å². The summed E-state index contributed by atoms with van der Waals surface area (Å²) in [4.78, 5) is 15.7. The molecule has 0 aliphatic carbocycles. The number of nitrogens with zero attached hydrogens (tertiary/aromatic N) is 2. The zero-order valence-electron chi connectivity index (χ0n) is 12.1. The molecule has 122 valence electrons. The third-order valence-corrected chi connectivity index (χ3v) is 2.59. The monoisotopic (exact) mass is 318 g/mol. The van der Waals surface area contributed by atoms with Gasteiger partial charge in [0.15, 0.2) is 5.96 Å². The summed E-state index contributed by atoms with van der Waals surface area (Å²) in [5, 5.41) is 2.71. The number of hydrogen-bond acceptors (Lipinski definition) is 3. The lowest BCUT2D eigenvalue weighted by atomic mass is 10.3. The summed E-state index contributed by atoms with van der Waals surface area (Å²) in [6.07, 6.45) is -4.44. The standard InChI is InChI=1S/C13H17F3N4O2/c1-20(8-13(14,15)16)11(21)7-18-12(17)19-9-3-5-10(22-2)6-4-9/h3-6H,7-8H2,1-2H3,(H3,17,18,19). The molecule has 22 heavy (non-hydrogen) atoms. The number of nitrogens with one attached hydrogen (secondary N) is 1. The molecule has 0 spiro atoms. The Kier molecular flexibility index (Phi) is 6.02. The van der Waals surface area contributed by atoms with E-state index in [1.54, 1.807) is 24.3 Å². The maximum Gasteiger partial charge on any atom is 0.406 e. The van der Waals surface area contributed by atoms with Gasteiger partial charge in [0.1, 0.15) is 18.8 Å². The second-order valence-electron chi connectivity index (χ2n) is 4.42. The number of carbonyl (C=O) groups excluding carboxylic acids is 1. The molecule has 0 bridgehead atoms. The topological polar surface area (TPSA) is 80.0 Å². The van der Waals surface area contributed by atoms with Crippen molar-refractivity contribution < 1.29 is 22.7 Å². The van der Waals surface area contributed by atoms with Crippen LogP contribution in [-0.4, -0.2) is 50.2 Å². The predicted molar refractivity (Wildman–Crippen MR) is 76.8 cm³/mol. The van der Waals surface area contributed by atoms with Gasteiger partial charge in [-0.15, -0.1) is 0 Å². The van der Waals surface area contributed by atoms with Gasteiger partial charge in [-0.1, -0.05) is 0 Å². The quantitative estimate of drug-likeness (QED) is 0.636. The first-order valence-electron chi connectivity index (χ1n) is 6.23. The van der Waals surface area contributed by atoms with Crippen LogP contribution in [0.15, 0.2) is 29.3 Å². The van der Waals surface area contributed by atoms with Crippen molar-refractivity contribution in [2.75, 3.05) is 32.6 Å². The summed E-state index contributed by atoms with van der Waals surface area (Å²) in [5.74, 6) is -0.194. The van der Waals surface area contributed by atoms with Crippen LogP contribution in [0.3, 0.4) is 0 Å². The molecule has 0 radical (unpaired) electrons. The molecular formula is C13H17F3N4O2. The molecule has 1 rings (SSSR count). The normalized spacial score (nSPS) is 12.0. The van der Waals surface area contributed by atoms with E-state index in [-0.39, 0.29) is 5.96 Å². The average molecular weight is 318 g/mol. The van der Waals surface area contributed by atoms with Gasteiger partial charge in [-0.05, 0) is 24.3 Å². The van der Waals surface area contributed by atoms with E-state index in [4.69, 9.17) is 10.5 Å². The van der Waals surface area contributed by atoms with Crippen molar-refractivity contribution in [1.29, 1.82) is 0 Å². The van der Waals surface area contributed by atoms with Gasteiger partial charge < -0.3 is 20.7 Å². The van der Waals surface area contributed by atoms with Crippen molar-refractivity contribution in [2.45, 2.75) is 6.18 Å². The van der Waals surface area contributed by atoms with Crippen LogP contribution in [0.25, 0.3) is 0 Å². The van der Waals surface area contributed by atoms with Gasteiger partial charge in [-0.3, -0.25) is 4.79 Å². The second-order valence-corrected chi connectivity index (χ2v) is 4.42. The number of aliphatic imine (C=N–C) groups is 1. The summed E-state index contributed by atoms with van der Waals surface area (Å²) >= 11 is 0. The summed E-state index contributed by atoms with van der Waals surface area (Å²) in [7, 11) is 2.58. The van der Waals surface area contributed by atoms with Crippen LogP contribution >= 0.6 is 0 Å². The number of ether oxygens (including phenoxy) is 1. The number of anilines is 1. The molecule has 0 aromatic heterocycles.